The van der Waals surface area contributed by atoms with Gasteiger partial charge in [0.25, 0.3) is 0 Å². The number of rotatable bonds is 8. The second-order valence-electron chi connectivity index (χ2n) is 5.49. The van der Waals surface area contributed by atoms with Crippen molar-refractivity contribution in [1.82, 2.24) is 25.1 Å². The summed E-state index contributed by atoms with van der Waals surface area (Å²) in [5, 5.41) is 12.1. The smallest absolute Gasteiger partial charge is 0.230 e. The number of allylic oxidation sites excluding steroid dienone is 1. The lowest BCUT2D eigenvalue weighted by Crippen LogP contribution is -2.24. The van der Waals surface area contributed by atoms with Crippen LogP contribution in [-0.2, 0) is 17.9 Å². The van der Waals surface area contributed by atoms with Crippen molar-refractivity contribution in [2.75, 3.05) is 5.75 Å². The third kappa shape index (κ3) is 4.58. The molecule has 0 radical (unpaired) electrons. The Morgan fingerprint density at radius 1 is 1.15 bits per heavy atom. The van der Waals surface area contributed by atoms with Crippen LogP contribution in [0.15, 0.2) is 72.7 Å². The molecule has 7 heteroatoms. The molecule has 3 rings (SSSR count). The minimum atomic E-state index is -0.0440. The van der Waals surface area contributed by atoms with Gasteiger partial charge in [0.15, 0.2) is 11.0 Å². The van der Waals surface area contributed by atoms with Crippen molar-refractivity contribution >= 4 is 17.7 Å². The summed E-state index contributed by atoms with van der Waals surface area (Å²) in [6.45, 7) is 4.88. The second kappa shape index (κ2) is 8.96. The minimum absolute atomic E-state index is 0.0440. The maximum Gasteiger partial charge on any atom is 0.230 e. The molecule has 0 saturated heterocycles. The van der Waals surface area contributed by atoms with Crippen molar-refractivity contribution in [1.29, 1.82) is 0 Å². The molecule has 0 spiro atoms. The van der Waals surface area contributed by atoms with Gasteiger partial charge in [-0.1, -0.05) is 48.2 Å². The Bertz CT molecular complexity index is 864. The highest BCUT2D eigenvalue weighted by Crippen LogP contribution is 2.23. The van der Waals surface area contributed by atoms with Crippen LogP contribution in [0.2, 0.25) is 0 Å². The molecule has 3 aromatic rings. The molecule has 0 saturated carbocycles. The number of hydrogen-bond acceptors (Lipinski definition) is 5. The van der Waals surface area contributed by atoms with Gasteiger partial charge < -0.3 is 5.32 Å². The van der Waals surface area contributed by atoms with Crippen LogP contribution < -0.4 is 5.32 Å². The molecule has 26 heavy (non-hydrogen) atoms. The average molecular weight is 365 g/mol. The molecule has 0 bridgehead atoms. The predicted octanol–water partition coefficient (Wildman–Crippen LogP) is 2.93. The van der Waals surface area contributed by atoms with Gasteiger partial charge in [-0.2, -0.15) is 0 Å². The first kappa shape index (κ1) is 17.9. The first-order valence-corrected chi connectivity index (χ1v) is 9.14. The molecule has 0 aliphatic carbocycles. The summed E-state index contributed by atoms with van der Waals surface area (Å²) in [4.78, 5) is 16.1. The Morgan fingerprint density at radius 3 is 2.65 bits per heavy atom. The van der Waals surface area contributed by atoms with Crippen molar-refractivity contribution < 1.29 is 4.79 Å². The molecule has 0 aliphatic rings. The first-order chi connectivity index (χ1) is 12.8. The number of amides is 1. The van der Waals surface area contributed by atoms with Gasteiger partial charge in [0.1, 0.15) is 0 Å². The zero-order valence-electron chi connectivity index (χ0n) is 14.2. The van der Waals surface area contributed by atoms with E-state index in [2.05, 4.69) is 27.1 Å². The van der Waals surface area contributed by atoms with Gasteiger partial charge in [-0.05, 0) is 17.7 Å². The molecule has 2 aromatic heterocycles. The molecule has 2 heterocycles. The summed E-state index contributed by atoms with van der Waals surface area (Å²) in [7, 11) is 0. The van der Waals surface area contributed by atoms with Crippen LogP contribution in [0.25, 0.3) is 11.4 Å². The Kier molecular flexibility index (Phi) is 6.16. The van der Waals surface area contributed by atoms with E-state index >= 15 is 0 Å². The SMILES string of the molecule is C=CCn1c(SCC(=O)NCc2ccccc2)nnc1-c1ccncc1. The topological polar surface area (TPSA) is 72.7 Å². The van der Waals surface area contributed by atoms with E-state index in [0.29, 0.717) is 18.2 Å². The number of carbonyl (C=O) groups excluding carboxylic acids is 1. The van der Waals surface area contributed by atoms with E-state index in [4.69, 9.17) is 0 Å². The Morgan fingerprint density at radius 2 is 1.92 bits per heavy atom. The number of nitrogens with one attached hydrogen (secondary N) is 1. The highest BCUT2D eigenvalue weighted by Gasteiger charge is 2.14. The lowest BCUT2D eigenvalue weighted by molar-refractivity contribution is -0.118. The first-order valence-electron chi connectivity index (χ1n) is 8.16. The number of hydrogen-bond donors (Lipinski definition) is 1. The van der Waals surface area contributed by atoms with Crippen LogP contribution in [0.3, 0.4) is 0 Å². The van der Waals surface area contributed by atoms with Gasteiger partial charge in [0.2, 0.25) is 5.91 Å². The van der Waals surface area contributed by atoms with Crippen LogP contribution in [0.5, 0.6) is 0 Å². The summed E-state index contributed by atoms with van der Waals surface area (Å²) in [5.41, 5.74) is 2.00. The fourth-order valence-corrected chi connectivity index (χ4v) is 3.16. The summed E-state index contributed by atoms with van der Waals surface area (Å²) in [6, 6.07) is 13.6. The van der Waals surface area contributed by atoms with Crippen LogP contribution >= 0.6 is 11.8 Å². The number of nitrogens with zero attached hydrogens (tertiary/aromatic N) is 4. The van der Waals surface area contributed by atoms with E-state index in [1.165, 1.54) is 11.8 Å². The Labute approximate surface area is 156 Å². The van der Waals surface area contributed by atoms with Crippen LogP contribution in [0.1, 0.15) is 5.56 Å². The molecule has 0 aliphatic heterocycles. The van der Waals surface area contributed by atoms with E-state index in [0.717, 1.165) is 17.0 Å². The normalized spacial score (nSPS) is 10.5. The monoisotopic (exact) mass is 365 g/mol. The van der Waals surface area contributed by atoms with E-state index in [-0.39, 0.29) is 11.7 Å². The van der Waals surface area contributed by atoms with E-state index in [1.54, 1.807) is 18.5 Å². The molecule has 1 amide bonds. The number of aromatic nitrogens is 4. The second-order valence-corrected chi connectivity index (χ2v) is 6.43. The number of thioether (sulfide) groups is 1. The third-order valence-corrected chi connectivity index (χ3v) is 4.60. The lowest BCUT2D eigenvalue weighted by Gasteiger charge is -2.08. The highest BCUT2D eigenvalue weighted by atomic mass is 32.2. The molecule has 0 fully saturated rings. The van der Waals surface area contributed by atoms with Crippen LogP contribution in [0.4, 0.5) is 0 Å². The predicted molar refractivity (Wildman–Crippen MR) is 102 cm³/mol. The van der Waals surface area contributed by atoms with E-state index in [1.807, 2.05) is 47.0 Å². The summed E-state index contributed by atoms with van der Waals surface area (Å²) < 4.78 is 1.94. The standard InChI is InChI=1S/C19H19N5OS/c1-2-12-24-18(16-8-10-20-11-9-16)22-23-19(24)26-14-17(25)21-13-15-6-4-3-5-7-15/h2-11H,1,12-14H2,(H,21,25). The Balaban J connectivity index is 1.63. The summed E-state index contributed by atoms with van der Waals surface area (Å²) in [5.74, 6) is 0.968. The molecular weight excluding hydrogens is 346 g/mol. The quantitative estimate of drug-likeness (QED) is 0.491. The number of carbonyl (C=O) groups is 1. The highest BCUT2D eigenvalue weighted by molar-refractivity contribution is 7.99. The van der Waals surface area contributed by atoms with Crippen molar-refractivity contribution in [2.45, 2.75) is 18.2 Å². The maximum absolute atomic E-state index is 12.1. The number of pyridine rings is 1. The molecule has 132 valence electrons. The van der Waals surface area contributed by atoms with Gasteiger partial charge in [-0.3, -0.25) is 14.3 Å². The van der Waals surface area contributed by atoms with Crippen molar-refractivity contribution in [3.05, 3.63) is 73.1 Å². The van der Waals surface area contributed by atoms with E-state index < -0.39 is 0 Å². The van der Waals surface area contributed by atoms with Gasteiger partial charge in [-0.25, -0.2) is 0 Å². The van der Waals surface area contributed by atoms with Crippen molar-refractivity contribution in [2.24, 2.45) is 0 Å². The van der Waals surface area contributed by atoms with Gasteiger partial charge >= 0.3 is 0 Å². The van der Waals surface area contributed by atoms with Crippen molar-refractivity contribution in [3.8, 4) is 11.4 Å². The van der Waals surface area contributed by atoms with Gasteiger partial charge in [0, 0.05) is 31.0 Å². The zero-order valence-corrected chi connectivity index (χ0v) is 15.0. The molecule has 1 N–H and O–H groups in total. The van der Waals surface area contributed by atoms with Crippen molar-refractivity contribution in [3.63, 3.8) is 0 Å². The summed E-state index contributed by atoms with van der Waals surface area (Å²) >= 11 is 1.36. The van der Waals surface area contributed by atoms with E-state index in [9.17, 15) is 4.79 Å². The zero-order chi connectivity index (χ0) is 18.2. The van der Waals surface area contributed by atoms with Crippen LogP contribution in [-0.4, -0.2) is 31.4 Å². The number of benzene rings is 1. The van der Waals surface area contributed by atoms with Crippen LogP contribution in [0, 0.1) is 0 Å². The molecule has 0 unspecified atom stereocenters. The average Bonchev–Trinajstić information content (AvgIpc) is 3.09. The minimum Gasteiger partial charge on any atom is -0.351 e. The third-order valence-electron chi connectivity index (χ3n) is 3.63. The fraction of sp³-hybridized carbons (Fsp3) is 0.158. The fourth-order valence-electron chi connectivity index (χ4n) is 2.38. The largest absolute Gasteiger partial charge is 0.351 e. The maximum atomic E-state index is 12.1. The Hall–Kier alpha value is -2.93. The van der Waals surface area contributed by atoms with Gasteiger partial charge in [-0.15, -0.1) is 16.8 Å². The lowest BCUT2D eigenvalue weighted by atomic mass is 10.2. The molecule has 6 nitrogen and oxygen atoms in total. The van der Waals surface area contributed by atoms with Gasteiger partial charge in [0.05, 0.1) is 5.75 Å². The molecular formula is C19H19N5OS. The molecule has 0 atom stereocenters. The molecule has 1 aromatic carbocycles. The summed E-state index contributed by atoms with van der Waals surface area (Å²) in [6.07, 6.45) is 5.21.